The van der Waals surface area contributed by atoms with Gasteiger partial charge in [-0.2, -0.15) is 0 Å². The zero-order chi connectivity index (χ0) is 31.9. The molecule has 0 saturated heterocycles. The third-order valence-electron chi connectivity index (χ3n) is 9.90. The van der Waals surface area contributed by atoms with Crippen LogP contribution in [0.1, 0.15) is 195 Å². The third-order valence-corrected chi connectivity index (χ3v) is 9.90. The Morgan fingerprint density at radius 3 is 1.30 bits per heavy atom. The van der Waals surface area contributed by atoms with Crippen molar-refractivity contribution >= 4 is 11.8 Å². The average Bonchev–Trinajstić information content (AvgIpc) is 3.01. The zero-order valence-corrected chi connectivity index (χ0v) is 30.1. The van der Waals surface area contributed by atoms with E-state index >= 15 is 0 Å². The fraction of sp³-hybridized carbons (Fsp3) is 0.947. The smallest absolute Gasteiger partial charge is 0.242 e. The maximum atomic E-state index is 12.3. The number of quaternary nitrogens is 1. The molecule has 0 saturated carbocycles. The highest BCUT2D eigenvalue weighted by Gasteiger charge is 2.19. The first-order chi connectivity index (χ1) is 20.9. The first-order valence-corrected chi connectivity index (χ1v) is 19.4. The van der Waals surface area contributed by atoms with Crippen LogP contribution in [0, 0.1) is 0 Å². The summed E-state index contributed by atoms with van der Waals surface area (Å²) < 4.78 is 1.27. The summed E-state index contributed by atoms with van der Waals surface area (Å²) in [6.07, 6.45) is 32.0. The maximum absolute atomic E-state index is 12.3. The van der Waals surface area contributed by atoms with E-state index in [1.807, 2.05) is 0 Å². The Morgan fingerprint density at radius 1 is 0.512 bits per heavy atom. The van der Waals surface area contributed by atoms with Gasteiger partial charge in [-0.05, 0) is 53.4 Å². The lowest BCUT2D eigenvalue weighted by molar-refractivity contribution is -0.923. The monoisotopic (exact) mass is 609 g/mol. The van der Waals surface area contributed by atoms with Crippen LogP contribution in [-0.2, 0) is 9.59 Å². The van der Waals surface area contributed by atoms with Crippen LogP contribution in [0.4, 0.5) is 0 Å². The highest BCUT2D eigenvalue weighted by molar-refractivity contribution is 5.87. The lowest BCUT2D eigenvalue weighted by atomic mass is 10.0. The minimum Gasteiger partial charge on any atom is -0.354 e. The Hall–Kier alpha value is -1.10. The molecule has 0 rings (SSSR count). The first-order valence-electron chi connectivity index (χ1n) is 19.4. The van der Waals surface area contributed by atoms with E-state index in [1.165, 1.54) is 165 Å². The van der Waals surface area contributed by atoms with Gasteiger partial charge in [-0.3, -0.25) is 9.59 Å². The van der Waals surface area contributed by atoms with E-state index in [-0.39, 0.29) is 11.8 Å². The van der Waals surface area contributed by atoms with Gasteiger partial charge in [-0.25, -0.2) is 0 Å². The molecule has 43 heavy (non-hydrogen) atoms. The molecule has 256 valence electrons. The summed E-state index contributed by atoms with van der Waals surface area (Å²) >= 11 is 0. The van der Waals surface area contributed by atoms with Gasteiger partial charge >= 0.3 is 0 Å². The van der Waals surface area contributed by atoms with Crippen molar-refractivity contribution in [1.29, 1.82) is 0 Å². The van der Waals surface area contributed by atoms with Crippen LogP contribution >= 0.6 is 0 Å². The van der Waals surface area contributed by atoms with Crippen molar-refractivity contribution in [2.45, 2.75) is 201 Å². The molecule has 5 nitrogen and oxygen atoms in total. The average molecular weight is 609 g/mol. The summed E-state index contributed by atoms with van der Waals surface area (Å²) in [5.74, 6) is -0.0448. The van der Waals surface area contributed by atoms with Crippen molar-refractivity contribution in [1.82, 2.24) is 10.6 Å². The van der Waals surface area contributed by atoms with E-state index in [4.69, 9.17) is 0 Å². The normalized spacial score (nSPS) is 12.4. The number of nitrogens with zero attached hydrogens (tertiary/aromatic N) is 1. The van der Waals surface area contributed by atoms with Crippen LogP contribution in [0.3, 0.4) is 0 Å². The number of nitrogens with one attached hydrogen (secondary N) is 2. The molecule has 0 aliphatic carbocycles. The van der Waals surface area contributed by atoms with Crippen LogP contribution < -0.4 is 10.6 Å². The molecule has 0 aliphatic heterocycles. The van der Waals surface area contributed by atoms with Gasteiger partial charge in [0.15, 0.2) is 0 Å². The molecule has 2 N–H and O–H groups in total. The van der Waals surface area contributed by atoms with Crippen LogP contribution in [0.2, 0.25) is 0 Å². The Kier molecular flexibility index (Phi) is 30.1. The fourth-order valence-electron chi connectivity index (χ4n) is 6.36. The molecule has 0 heterocycles. The molecule has 0 aromatic rings. The predicted molar refractivity (Wildman–Crippen MR) is 188 cm³/mol. The Balaban J connectivity index is 3.50. The summed E-state index contributed by atoms with van der Waals surface area (Å²) in [6.45, 7) is 16.9. The lowest BCUT2D eigenvalue weighted by Crippen LogP contribution is -2.48. The summed E-state index contributed by atoms with van der Waals surface area (Å²) in [5.41, 5.74) is 0. The maximum Gasteiger partial charge on any atom is 0.242 e. The van der Waals surface area contributed by atoms with Crippen molar-refractivity contribution < 1.29 is 14.1 Å². The second-order valence-electron chi connectivity index (χ2n) is 13.5. The van der Waals surface area contributed by atoms with E-state index in [2.05, 4.69) is 38.3 Å². The molecule has 0 bridgehead atoms. The SMILES string of the molecule is CCCCCCCCCCCCCCCCCCNC(=O)[C@H](C)NC(=O)CCCCCCCCCC[N+](CC)(CC)CC. The van der Waals surface area contributed by atoms with Crippen LogP contribution in [-0.4, -0.2) is 55.1 Å². The van der Waals surface area contributed by atoms with Gasteiger partial charge in [-0.1, -0.05) is 135 Å². The van der Waals surface area contributed by atoms with Gasteiger partial charge in [0.05, 0.1) is 26.2 Å². The molecule has 0 fully saturated rings. The number of hydrogen-bond acceptors (Lipinski definition) is 2. The van der Waals surface area contributed by atoms with Crippen LogP contribution in [0.5, 0.6) is 0 Å². The number of hydrogen-bond donors (Lipinski definition) is 2. The van der Waals surface area contributed by atoms with Gasteiger partial charge in [0.1, 0.15) is 6.04 Å². The molecule has 0 spiro atoms. The van der Waals surface area contributed by atoms with Crippen molar-refractivity contribution in [3.8, 4) is 0 Å². The van der Waals surface area contributed by atoms with Gasteiger partial charge in [-0.15, -0.1) is 0 Å². The molecule has 0 radical (unpaired) electrons. The summed E-state index contributed by atoms with van der Waals surface area (Å²) in [4.78, 5) is 24.6. The summed E-state index contributed by atoms with van der Waals surface area (Å²) in [6, 6.07) is -0.445. The highest BCUT2D eigenvalue weighted by atomic mass is 16.2. The van der Waals surface area contributed by atoms with E-state index < -0.39 is 6.04 Å². The number of carbonyl (C=O) groups is 2. The van der Waals surface area contributed by atoms with Gasteiger partial charge in [0.25, 0.3) is 0 Å². The van der Waals surface area contributed by atoms with E-state index in [1.54, 1.807) is 6.92 Å². The molecule has 0 aromatic heterocycles. The van der Waals surface area contributed by atoms with E-state index in [9.17, 15) is 9.59 Å². The Labute approximate surface area is 270 Å². The topological polar surface area (TPSA) is 58.2 Å². The molecule has 0 unspecified atom stereocenters. The first kappa shape index (κ1) is 41.9. The fourth-order valence-corrected chi connectivity index (χ4v) is 6.36. The third kappa shape index (κ3) is 25.9. The predicted octanol–water partition coefficient (Wildman–Crippen LogP) is 10.3. The standard InChI is InChI=1S/C38H77N3O2/c1-6-10-11-12-13-14-15-16-17-18-19-20-22-25-28-31-34-39-38(43)36(5)40-37(42)33-30-27-24-21-23-26-29-32-35-41(7-2,8-3)9-4/h36H,6-35H2,1-5H3,(H-,39,40,42,43)/p+1/t36-/m0/s1. The van der Waals surface area contributed by atoms with Gasteiger partial charge in [0.2, 0.25) is 11.8 Å². The number of rotatable bonds is 33. The largest absolute Gasteiger partial charge is 0.354 e. The second-order valence-corrected chi connectivity index (χ2v) is 13.5. The van der Waals surface area contributed by atoms with Gasteiger partial charge in [0, 0.05) is 13.0 Å². The van der Waals surface area contributed by atoms with E-state index in [0.717, 1.165) is 19.3 Å². The van der Waals surface area contributed by atoms with E-state index in [0.29, 0.717) is 13.0 Å². The lowest BCUT2D eigenvalue weighted by Gasteiger charge is -2.35. The molecule has 2 amide bonds. The second kappa shape index (κ2) is 30.9. The minimum atomic E-state index is -0.445. The quantitative estimate of drug-likeness (QED) is 0.0575. The molecule has 0 aromatic carbocycles. The molecular weight excluding hydrogens is 530 g/mol. The molecular formula is C38H78N3O2+. The molecule has 0 aliphatic rings. The summed E-state index contributed by atoms with van der Waals surface area (Å²) in [5, 5.41) is 5.89. The minimum absolute atomic E-state index is 0.00874. The van der Waals surface area contributed by atoms with Crippen molar-refractivity contribution in [3.05, 3.63) is 0 Å². The number of carbonyl (C=O) groups excluding carboxylic acids is 2. The number of amides is 2. The van der Waals surface area contributed by atoms with Crippen molar-refractivity contribution in [3.63, 3.8) is 0 Å². The molecule has 1 atom stereocenters. The van der Waals surface area contributed by atoms with Crippen LogP contribution in [0.15, 0.2) is 0 Å². The van der Waals surface area contributed by atoms with Crippen molar-refractivity contribution in [2.24, 2.45) is 0 Å². The van der Waals surface area contributed by atoms with Crippen molar-refractivity contribution in [2.75, 3.05) is 32.7 Å². The summed E-state index contributed by atoms with van der Waals surface area (Å²) in [7, 11) is 0. The van der Waals surface area contributed by atoms with Gasteiger partial charge < -0.3 is 15.1 Å². The molecule has 5 heteroatoms. The Morgan fingerprint density at radius 2 is 0.884 bits per heavy atom. The zero-order valence-electron chi connectivity index (χ0n) is 30.1. The highest BCUT2D eigenvalue weighted by Crippen LogP contribution is 2.15. The Bertz CT molecular complexity index is 612. The van der Waals surface area contributed by atoms with Crippen LogP contribution in [0.25, 0.3) is 0 Å². The number of unbranched alkanes of at least 4 members (excludes halogenated alkanes) is 22.